The average Bonchev–Trinajstić information content (AvgIpc) is 1.41. The van der Waals surface area contributed by atoms with Crippen LogP contribution in [0.1, 0.15) is 36.6 Å². The van der Waals surface area contributed by atoms with E-state index >= 15 is 0 Å². The van der Waals surface area contributed by atoms with Gasteiger partial charge in [0.1, 0.15) is 0 Å². The summed E-state index contributed by atoms with van der Waals surface area (Å²) in [6.07, 6.45) is 5.58. The highest BCUT2D eigenvalue weighted by atomic mass is 13.5. The maximum absolute atomic E-state index is 3.46. The topological polar surface area (TPSA) is 0 Å². The smallest absolute Gasteiger partial charge is 0.0467 e. The molecule has 0 heteroatoms. The van der Waals surface area contributed by atoms with Gasteiger partial charge in [-0.2, -0.15) is 0 Å². The Morgan fingerprint density at radius 3 is 1.33 bits per heavy atom. The van der Waals surface area contributed by atoms with Crippen LogP contribution < -0.4 is 0 Å². The average molecular weight is 132 g/mol. The number of allylic oxidation sites excluding steroid dienone is 3. The first-order valence-electron chi connectivity index (χ1n) is 1.65. The third-order valence-corrected chi connectivity index (χ3v) is 0.329. The van der Waals surface area contributed by atoms with E-state index in [4.69, 9.17) is 0 Å². The molecule has 0 amide bonds. The van der Waals surface area contributed by atoms with Crippen LogP contribution in [-0.2, 0) is 0 Å². The second-order valence-corrected chi connectivity index (χ2v) is 0.761. The first-order valence-corrected chi connectivity index (χ1v) is 1.65. The molecular weight excluding hydrogens is 108 g/mol. The molecule has 0 N–H and O–H groups in total. The van der Waals surface area contributed by atoms with Crippen molar-refractivity contribution in [2.45, 2.75) is 36.6 Å². The molecule has 0 radical (unpaired) electrons. The van der Waals surface area contributed by atoms with E-state index in [-0.39, 0.29) is 29.7 Å². The van der Waals surface area contributed by atoms with Crippen molar-refractivity contribution in [3.8, 4) is 0 Å². The van der Waals surface area contributed by atoms with Crippen LogP contribution in [0.25, 0.3) is 0 Å². The van der Waals surface area contributed by atoms with Crippen LogP contribution in [0.3, 0.4) is 0 Å². The Morgan fingerprint density at radius 2 is 1.33 bits per heavy atom. The second-order valence-electron chi connectivity index (χ2n) is 0.761. The monoisotopic (exact) mass is 132 g/mol. The summed E-state index contributed by atoms with van der Waals surface area (Å²) in [6, 6.07) is 0. The summed E-state index contributed by atoms with van der Waals surface area (Å²) < 4.78 is 0. The van der Waals surface area contributed by atoms with Crippen molar-refractivity contribution in [2.24, 2.45) is 0 Å². The zero-order valence-electron chi connectivity index (χ0n) is 3.44. The SMILES string of the molecule is C.C.C.C.C=CC=CC. The van der Waals surface area contributed by atoms with Gasteiger partial charge in [-0.1, -0.05) is 54.5 Å². The molecule has 0 rings (SSSR count). The number of rotatable bonds is 1. The summed E-state index contributed by atoms with van der Waals surface area (Å²) >= 11 is 0. The van der Waals surface area contributed by atoms with Gasteiger partial charge in [0, 0.05) is 0 Å². The first kappa shape index (κ1) is 39.2. The van der Waals surface area contributed by atoms with E-state index < -0.39 is 0 Å². The number of hydrogen-bond acceptors (Lipinski definition) is 0. The van der Waals surface area contributed by atoms with Crippen molar-refractivity contribution in [3.05, 3.63) is 24.8 Å². The summed E-state index contributed by atoms with van der Waals surface area (Å²) in [7, 11) is 0. The Hall–Kier alpha value is -0.520. The normalized spacial score (nSPS) is 5.00. The van der Waals surface area contributed by atoms with Crippen LogP contribution in [0.15, 0.2) is 24.8 Å². The molecule has 0 aromatic carbocycles. The zero-order valence-corrected chi connectivity index (χ0v) is 3.44. The minimum Gasteiger partial charge on any atom is -0.0991 e. The highest BCUT2D eigenvalue weighted by Gasteiger charge is 1.42. The van der Waals surface area contributed by atoms with Gasteiger partial charge < -0.3 is 0 Å². The quantitative estimate of drug-likeness (QED) is 0.467. The van der Waals surface area contributed by atoms with Gasteiger partial charge in [0.15, 0.2) is 0 Å². The van der Waals surface area contributed by atoms with E-state index in [0.717, 1.165) is 0 Å². The van der Waals surface area contributed by atoms with Crippen LogP contribution in [0.5, 0.6) is 0 Å². The van der Waals surface area contributed by atoms with E-state index in [1.54, 1.807) is 6.08 Å². The van der Waals surface area contributed by atoms with Crippen molar-refractivity contribution in [2.75, 3.05) is 0 Å². The minimum atomic E-state index is 0. The molecule has 60 valence electrons. The zero-order chi connectivity index (χ0) is 4.12. The molecule has 0 aromatic heterocycles. The highest BCUT2D eigenvalue weighted by Crippen LogP contribution is 1.64. The lowest BCUT2D eigenvalue weighted by molar-refractivity contribution is 1.74. The van der Waals surface area contributed by atoms with Gasteiger partial charge in [0.2, 0.25) is 0 Å². The molecule has 0 nitrogen and oxygen atoms in total. The van der Waals surface area contributed by atoms with Crippen molar-refractivity contribution in [3.63, 3.8) is 0 Å². The third kappa shape index (κ3) is 103. The molecule has 0 aliphatic rings. The Bertz CT molecular complexity index is 42.0. The van der Waals surface area contributed by atoms with E-state index in [0.29, 0.717) is 0 Å². The molecule has 9 heavy (non-hydrogen) atoms. The molecule has 0 aliphatic carbocycles. The lowest BCUT2D eigenvalue weighted by atomic mass is 10.5. The molecule has 0 unspecified atom stereocenters. The van der Waals surface area contributed by atoms with Crippen LogP contribution in [0, 0.1) is 0 Å². The molecule has 0 atom stereocenters. The molecule has 0 saturated carbocycles. The third-order valence-electron chi connectivity index (χ3n) is 0.329. The Balaban J connectivity index is -0.0000000133. The summed E-state index contributed by atoms with van der Waals surface area (Å²) in [5, 5.41) is 0. The Morgan fingerprint density at radius 1 is 1.00 bits per heavy atom. The standard InChI is InChI=1S/C5H8.4CH4/c1-3-5-4-2;;;;/h3-5H,1H2,2H3;4*1H4. The maximum atomic E-state index is 3.46. The highest BCUT2D eigenvalue weighted by molar-refractivity contribution is 4.94. The van der Waals surface area contributed by atoms with Crippen LogP contribution in [0.4, 0.5) is 0 Å². The fourth-order valence-corrected chi connectivity index (χ4v) is 0.136. The Kier molecular flexibility index (Phi) is 222. The van der Waals surface area contributed by atoms with Crippen molar-refractivity contribution >= 4 is 0 Å². The predicted octanol–water partition coefficient (Wildman–Crippen LogP) is 4.29. The minimum absolute atomic E-state index is 0. The molecule has 0 heterocycles. The van der Waals surface area contributed by atoms with Gasteiger partial charge in [0.05, 0.1) is 0 Å². The second kappa shape index (κ2) is 51.1. The van der Waals surface area contributed by atoms with E-state index in [9.17, 15) is 0 Å². The number of hydrogen-bond donors (Lipinski definition) is 0. The molecule has 0 fully saturated rings. The lowest BCUT2D eigenvalue weighted by Gasteiger charge is -1.56. The fraction of sp³-hybridized carbons (Fsp3) is 0.556. The maximum Gasteiger partial charge on any atom is -0.0467 e. The predicted molar refractivity (Wildman–Crippen MR) is 51.9 cm³/mol. The molecule has 0 aliphatic heterocycles. The van der Waals surface area contributed by atoms with Gasteiger partial charge in [-0.15, -0.1) is 0 Å². The van der Waals surface area contributed by atoms with E-state index in [2.05, 4.69) is 6.58 Å². The van der Waals surface area contributed by atoms with E-state index in [1.165, 1.54) is 0 Å². The molecule has 0 bridgehead atoms. The largest absolute Gasteiger partial charge is 0.0991 e. The van der Waals surface area contributed by atoms with Crippen molar-refractivity contribution < 1.29 is 0 Å². The first-order chi connectivity index (χ1) is 2.41. The Labute approximate surface area is 62.3 Å². The summed E-state index contributed by atoms with van der Waals surface area (Å²) in [5.41, 5.74) is 0. The van der Waals surface area contributed by atoms with Gasteiger partial charge in [0.25, 0.3) is 0 Å². The summed E-state index contributed by atoms with van der Waals surface area (Å²) in [5.74, 6) is 0. The summed E-state index contributed by atoms with van der Waals surface area (Å²) in [6.45, 7) is 5.42. The lowest BCUT2D eigenvalue weighted by Crippen LogP contribution is -1.33. The van der Waals surface area contributed by atoms with Gasteiger partial charge in [-0.3, -0.25) is 0 Å². The fourth-order valence-electron chi connectivity index (χ4n) is 0.136. The van der Waals surface area contributed by atoms with Crippen LogP contribution >= 0.6 is 0 Å². The van der Waals surface area contributed by atoms with Gasteiger partial charge in [-0.25, -0.2) is 0 Å². The molecular formula is C9H24. The van der Waals surface area contributed by atoms with Crippen molar-refractivity contribution in [1.82, 2.24) is 0 Å². The molecule has 0 saturated heterocycles. The van der Waals surface area contributed by atoms with Crippen molar-refractivity contribution in [1.29, 1.82) is 0 Å². The van der Waals surface area contributed by atoms with E-state index in [1.807, 2.05) is 19.1 Å². The van der Waals surface area contributed by atoms with Crippen LogP contribution in [-0.4, -0.2) is 0 Å². The summed E-state index contributed by atoms with van der Waals surface area (Å²) in [4.78, 5) is 0. The van der Waals surface area contributed by atoms with Gasteiger partial charge >= 0.3 is 0 Å². The molecule has 0 spiro atoms. The van der Waals surface area contributed by atoms with Gasteiger partial charge in [-0.05, 0) is 6.92 Å². The van der Waals surface area contributed by atoms with Crippen LogP contribution in [0.2, 0.25) is 0 Å². The molecule has 0 aromatic rings.